The molecule has 0 saturated carbocycles. The van der Waals surface area contributed by atoms with Gasteiger partial charge in [0.1, 0.15) is 11.2 Å². The van der Waals surface area contributed by atoms with Gasteiger partial charge in [-0.1, -0.05) is 123 Å². The Bertz CT molecular complexity index is 2800. The number of hydrogen-bond donors (Lipinski definition) is 0. The molecule has 1 aliphatic rings. The monoisotopic (exact) mass is 662 g/mol. The van der Waals surface area contributed by atoms with E-state index in [4.69, 9.17) is 19.4 Å². The molecule has 50 heavy (non-hydrogen) atoms. The number of nitrogens with zero attached hydrogens (tertiary/aromatic N) is 4. The largest absolute Gasteiger partial charge is 0.455 e. The molecule has 9 aromatic rings. The minimum atomic E-state index is -0.0950. The Hall–Kier alpha value is -5.98. The number of benzene rings is 6. The summed E-state index contributed by atoms with van der Waals surface area (Å²) in [6.07, 6.45) is 0. The van der Waals surface area contributed by atoms with Crippen molar-refractivity contribution in [3.05, 3.63) is 144 Å². The van der Waals surface area contributed by atoms with Crippen molar-refractivity contribution in [1.82, 2.24) is 19.9 Å². The van der Waals surface area contributed by atoms with E-state index in [1.54, 1.807) is 11.3 Å². The zero-order chi connectivity index (χ0) is 33.6. The number of thiazole rings is 1. The molecular weight excluding hydrogens is 633 g/mol. The molecule has 6 aromatic carbocycles. The second-order valence-electron chi connectivity index (χ2n) is 13.6. The molecule has 0 fully saturated rings. The topological polar surface area (TPSA) is 64.7 Å². The van der Waals surface area contributed by atoms with E-state index in [2.05, 4.69) is 111 Å². The summed E-state index contributed by atoms with van der Waals surface area (Å²) in [7, 11) is 0. The third-order valence-corrected chi connectivity index (χ3v) is 11.0. The van der Waals surface area contributed by atoms with Gasteiger partial charge in [-0.25, -0.2) is 19.9 Å². The predicted molar refractivity (Wildman–Crippen MR) is 204 cm³/mol. The molecule has 3 aromatic heterocycles. The molecular formula is C44H30N4OS. The summed E-state index contributed by atoms with van der Waals surface area (Å²) < 4.78 is 8.16. The second-order valence-corrected chi connectivity index (χ2v) is 14.4. The van der Waals surface area contributed by atoms with Crippen LogP contribution in [0.1, 0.15) is 30.5 Å². The van der Waals surface area contributed by atoms with Gasteiger partial charge in [-0.3, -0.25) is 0 Å². The van der Waals surface area contributed by atoms with Crippen LogP contribution in [0.2, 0.25) is 0 Å². The van der Waals surface area contributed by atoms with Crippen molar-refractivity contribution in [2.24, 2.45) is 0 Å². The molecule has 0 aliphatic heterocycles. The fraction of sp³-hybridized carbons (Fsp3) is 0.0909. The van der Waals surface area contributed by atoms with E-state index in [1.807, 2.05) is 41.9 Å². The Morgan fingerprint density at radius 1 is 0.560 bits per heavy atom. The van der Waals surface area contributed by atoms with Crippen molar-refractivity contribution in [1.29, 1.82) is 0 Å². The third kappa shape index (κ3) is 4.31. The molecule has 0 atom stereocenters. The van der Waals surface area contributed by atoms with Crippen molar-refractivity contribution in [2.45, 2.75) is 26.2 Å². The molecule has 0 unspecified atom stereocenters. The highest BCUT2D eigenvalue weighted by molar-refractivity contribution is 7.17. The summed E-state index contributed by atoms with van der Waals surface area (Å²) in [5, 5.41) is 2.08. The first-order chi connectivity index (χ1) is 24.4. The Morgan fingerprint density at radius 3 is 1.96 bits per heavy atom. The quantitative estimate of drug-likeness (QED) is 0.188. The van der Waals surface area contributed by atoms with Crippen LogP contribution in [-0.2, 0) is 5.41 Å². The zero-order valence-corrected chi connectivity index (χ0v) is 28.5. The van der Waals surface area contributed by atoms with Crippen LogP contribution in [-0.4, -0.2) is 19.9 Å². The molecule has 0 N–H and O–H groups in total. The maximum Gasteiger partial charge on any atom is 0.167 e. The molecule has 0 spiro atoms. The lowest BCUT2D eigenvalue weighted by Gasteiger charge is -2.21. The van der Waals surface area contributed by atoms with Gasteiger partial charge in [-0.2, -0.15) is 0 Å². The van der Waals surface area contributed by atoms with E-state index >= 15 is 0 Å². The minimum Gasteiger partial charge on any atom is -0.455 e. The first-order valence-electron chi connectivity index (χ1n) is 16.8. The van der Waals surface area contributed by atoms with Gasteiger partial charge in [0.25, 0.3) is 0 Å². The average Bonchev–Trinajstić information content (AvgIpc) is 3.85. The molecule has 0 amide bonds. The Labute approximate surface area is 293 Å². The van der Waals surface area contributed by atoms with E-state index < -0.39 is 0 Å². The lowest BCUT2D eigenvalue weighted by molar-refractivity contribution is 0.661. The van der Waals surface area contributed by atoms with E-state index in [-0.39, 0.29) is 5.41 Å². The number of furan rings is 1. The van der Waals surface area contributed by atoms with Crippen LogP contribution >= 0.6 is 11.3 Å². The van der Waals surface area contributed by atoms with Crippen molar-refractivity contribution < 1.29 is 4.42 Å². The molecule has 0 saturated heterocycles. The molecule has 6 heteroatoms. The highest BCUT2D eigenvalue weighted by Gasteiger charge is 2.37. The van der Waals surface area contributed by atoms with E-state index in [0.29, 0.717) is 17.5 Å². The highest BCUT2D eigenvalue weighted by Crippen LogP contribution is 2.53. The van der Waals surface area contributed by atoms with Gasteiger partial charge in [0, 0.05) is 38.4 Å². The number of para-hydroxylation sites is 2. The van der Waals surface area contributed by atoms with E-state index in [1.165, 1.54) is 32.5 Å². The van der Waals surface area contributed by atoms with Gasteiger partial charge >= 0.3 is 0 Å². The molecule has 10 rings (SSSR count). The molecule has 0 radical (unpaired) electrons. The lowest BCUT2D eigenvalue weighted by atomic mass is 9.82. The summed E-state index contributed by atoms with van der Waals surface area (Å²) in [6, 6.07) is 42.3. The number of aryl methyl sites for hydroxylation is 1. The van der Waals surface area contributed by atoms with Crippen molar-refractivity contribution in [3.63, 3.8) is 0 Å². The van der Waals surface area contributed by atoms with Crippen LogP contribution in [0, 0.1) is 6.92 Å². The first-order valence-corrected chi connectivity index (χ1v) is 17.7. The fourth-order valence-corrected chi connectivity index (χ4v) is 8.44. The van der Waals surface area contributed by atoms with Crippen LogP contribution in [0.4, 0.5) is 0 Å². The first kappa shape index (κ1) is 29.0. The Kier molecular flexibility index (Phi) is 6.24. The standard InChI is InChI=1S/C44H30N4OS/c1-25-15-17-27(18-16-25)42-46-41(26-9-5-4-6-10-26)47-43(48-42)32-14-8-13-31-30-12-7-11-29(38(30)49-39(31)32)28-19-20-34-33(23-28)37-35(44(34,2)3)21-22-36-40(37)50-24-45-36/h4-24H,1-3H3. The lowest BCUT2D eigenvalue weighted by Crippen LogP contribution is -2.14. The average molecular weight is 663 g/mol. The molecule has 3 heterocycles. The fourth-order valence-electron chi connectivity index (χ4n) is 7.59. The van der Waals surface area contributed by atoms with Crippen LogP contribution < -0.4 is 0 Å². The Morgan fingerprint density at radius 2 is 1.20 bits per heavy atom. The minimum absolute atomic E-state index is 0.0950. The van der Waals surface area contributed by atoms with E-state index in [9.17, 15) is 0 Å². The summed E-state index contributed by atoms with van der Waals surface area (Å²) in [5.74, 6) is 1.82. The van der Waals surface area contributed by atoms with Crippen molar-refractivity contribution >= 4 is 43.5 Å². The third-order valence-electron chi connectivity index (χ3n) is 10.2. The zero-order valence-electron chi connectivity index (χ0n) is 27.7. The normalized spacial score (nSPS) is 13.3. The predicted octanol–water partition coefficient (Wildman–Crippen LogP) is 11.7. The second kappa shape index (κ2) is 10.8. The summed E-state index contributed by atoms with van der Waals surface area (Å²) in [4.78, 5) is 19.6. The van der Waals surface area contributed by atoms with E-state index in [0.717, 1.165) is 55.3 Å². The Balaban J connectivity index is 1.17. The summed E-state index contributed by atoms with van der Waals surface area (Å²) in [5.41, 5.74) is 15.8. The van der Waals surface area contributed by atoms with Crippen molar-refractivity contribution in [2.75, 3.05) is 0 Å². The van der Waals surface area contributed by atoms with Crippen LogP contribution in [0.15, 0.2) is 131 Å². The number of rotatable bonds is 4. The molecule has 1 aliphatic carbocycles. The van der Waals surface area contributed by atoms with Gasteiger partial charge in [0.05, 0.1) is 21.3 Å². The smallest absolute Gasteiger partial charge is 0.167 e. The van der Waals surface area contributed by atoms with Crippen molar-refractivity contribution in [3.8, 4) is 56.4 Å². The van der Waals surface area contributed by atoms with Crippen LogP contribution in [0.25, 0.3) is 88.6 Å². The maximum absolute atomic E-state index is 6.91. The van der Waals surface area contributed by atoms with Crippen LogP contribution in [0.3, 0.4) is 0 Å². The maximum atomic E-state index is 6.91. The van der Waals surface area contributed by atoms with Gasteiger partial charge in [0.15, 0.2) is 17.5 Å². The number of aromatic nitrogens is 4. The molecule has 238 valence electrons. The number of hydrogen-bond acceptors (Lipinski definition) is 6. The molecule has 5 nitrogen and oxygen atoms in total. The van der Waals surface area contributed by atoms with Gasteiger partial charge in [0.2, 0.25) is 0 Å². The SMILES string of the molecule is Cc1ccc(-c2nc(-c3ccccc3)nc(-c3cccc4c3oc3c(-c5ccc6c(c5)-c5c(ccc7ncsc57)C6(C)C)cccc34)n2)cc1. The van der Waals surface area contributed by atoms with Gasteiger partial charge < -0.3 is 4.42 Å². The van der Waals surface area contributed by atoms with Crippen LogP contribution in [0.5, 0.6) is 0 Å². The van der Waals surface area contributed by atoms with Gasteiger partial charge in [-0.05, 0) is 47.4 Å². The summed E-state index contributed by atoms with van der Waals surface area (Å²) in [6.45, 7) is 6.72. The van der Waals surface area contributed by atoms with Gasteiger partial charge in [-0.15, -0.1) is 11.3 Å². The molecule has 0 bridgehead atoms. The summed E-state index contributed by atoms with van der Waals surface area (Å²) >= 11 is 1.72. The number of fused-ring (bicyclic) bond motifs is 8. The highest BCUT2D eigenvalue weighted by atomic mass is 32.1.